The lowest BCUT2D eigenvalue weighted by molar-refractivity contribution is -0.132. The first-order valence-corrected chi connectivity index (χ1v) is 8.82. The standard InChI is InChI=1S/C19H27N3O5/c1-18(2,3)26-17(25)22-15(23)14(11-19(22,4)5)12-20-21-27-16(24)13-9-7-6-8-10-13/h6-10,14,20-21H,11-12H2,1-5H3. The number of carbonyl (C=O) groups is 3. The molecule has 148 valence electrons. The van der Waals surface area contributed by atoms with E-state index in [2.05, 4.69) is 11.0 Å². The van der Waals surface area contributed by atoms with Crippen LogP contribution < -0.4 is 11.0 Å². The van der Waals surface area contributed by atoms with Gasteiger partial charge in [-0.2, -0.15) is 0 Å². The highest BCUT2D eigenvalue weighted by molar-refractivity contribution is 5.96. The van der Waals surface area contributed by atoms with Gasteiger partial charge in [0.25, 0.3) is 0 Å². The first-order valence-electron chi connectivity index (χ1n) is 8.82. The number of imide groups is 1. The topological polar surface area (TPSA) is 97.0 Å². The van der Waals surface area contributed by atoms with Gasteiger partial charge in [0.15, 0.2) is 0 Å². The maximum atomic E-state index is 12.6. The molecule has 0 saturated carbocycles. The van der Waals surface area contributed by atoms with Crippen molar-refractivity contribution in [2.24, 2.45) is 5.92 Å². The Hall–Kier alpha value is -2.45. The van der Waals surface area contributed by atoms with Gasteiger partial charge in [0.2, 0.25) is 5.91 Å². The van der Waals surface area contributed by atoms with Gasteiger partial charge in [-0.05, 0) is 53.2 Å². The minimum Gasteiger partial charge on any atom is -0.443 e. The molecule has 1 heterocycles. The zero-order chi connectivity index (χ0) is 20.2. The Morgan fingerprint density at radius 2 is 1.85 bits per heavy atom. The molecule has 1 saturated heterocycles. The molecular weight excluding hydrogens is 350 g/mol. The molecular formula is C19H27N3O5. The lowest BCUT2D eigenvalue weighted by Gasteiger charge is -2.31. The summed E-state index contributed by atoms with van der Waals surface area (Å²) in [5.41, 5.74) is 4.13. The Bertz CT molecular complexity index is 697. The Morgan fingerprint density at radius 1 is 1.22 bits per heavy atom. The summed E-state index contributed by atoms with van der Waals surface area (Å²) < 4.78 is 5.34. The predicted octanol–water partition coefficient (Wildman–Crippen LogP) is 2.41. The number of amides is 2. The van der Waals surface area contributed by atoms with Gasteiger partial charge in [0.1, 0.15) is 5.60 Å². The number of nitrogens with one attached hydrogen (secondary N) is 2. The molecule has 1 aliphatic heterocycles. The number of rotatable bonds is 5. The largest absolute Gasteiger partial charge is 0.443 e. The molecule has 2 rings (SSSR count). The van der Waals surface area contributed by atoms with Crippen molar-refractivity contribution in [3.8, 4) is 0 Å². The van der Waals surface area contributed by atoms with Crippen LogP contribution in [0.4, 0.5) is 4.79 Å². The van der Waals surface area contributed by atoms with Crippen LogP contribution in [0.15, 0.2) is 30.3 Å². The Balaban J connectivity index is 1.86. The highest BCUT2D eigenvalue weighted by Gasteiger charge is 2.49. The molecule has 0 aliphatic carbocycles. The van der Waals surface area contributed by atoms with Gasteiger partial charge in [-0.3, -0.25) is 4.79 Å². The average Bonchev–Trinajstić information content (AvgIpc) is 2.79. The second-order valence-corrected chi connectivity index (χ2v) is 8.11. The summed E-state index contributed by atoms with van der Waals surface area (Å²) in [4.78, 5) is 42.9. The van der Waals surface area contributed by atoms with E-state index in [0.717, 1.165) is 0 Å². The summed E-state index contributed by atoms with van der Waals surface area (Å²) in [6, 6.07) is 8.52. The van der Waals surface area contributed by atoms with Crippen molar-refractivity contribution >= 4 is 18.0 Å². The fourth-order valence-electron chi connectivity index (χ4n) is 2.95. The molecule has 1 fully saturated rings. The van der Waals surface area contributed by atoms with Crippen molar-refractivity contribution in [3.05, 3.63) is 35.9 Å². The molecule has 1 aromatic rings. The minimum atomic E-state index is -0.684. The summed E-state index contributed by atoms with van der Waals surface area (Å²) in [6.07, 6.45) is -0.185. The number of hydrogen-bond donors (Lipinski definition) is 2. The summed E-state index contributed by atoms with van der Waals surface area (Å²) >= 11 is 0. The van der Waals surface area contributed by atoms with Gasteiger partial charge in [-0.1, -0.05) is 23.8 Å². The highest BCUT2D eigenvalue weighted by atomic mass is 16.7. The highest BCUT2D eigenvalue weighted by Crippen LogP contribution is 2.34. The van der Waals surface area contributed by atoms with E-state index in [-0.39, 0.29) is 12.5 Å². The second-order valence-electron chi connectivity index (χ2n) is 8.11. The molecule has 8 heteroatoms. The Morgan fingerprint density at radius 3 is 2.44 bits per heavy atom. The minimum absolute atomic E-state index is 0.198. The zero-order valence-corrected chi connectivity index (χ0v) is 16.4. The van der Waals surface area contributed by atoms with Gasteiger partial charge < -0.3 is 9.57 Å². The fraction of sp³-hybridized carbons (Fsp3) is 0.526. The smallest absolute Gasteiger partial charge is 0.417 e. The molecule has 1 aromatic carbocycles. The monoisotopic (exact) mass is 377 g/mol. The molecule has 27 heavy (non-hydrogen) atoms. The van der Waals surface area contributed by atoms with Gasteiger partial charge in [-0.25, -0.2) is 19.9 Å². The fourth-order valence-corrected chi connectivity index (χ4v) is 2.95. The summed E-state index contributed by atoms with van der Waals surface area (Å²) in [5, 5.41) is 0. The van der Waals surface area contributed by atoms with Crippen LogP contribution in [-0.2, 0) is 14.4 Å². The van der Waals surface area contributed by atoms with Crippen LogP contribution in [0.25, 0.3) is 0 Å². The van der Waals surface area contributed by atoms with Crippen LogP contribution in [0, 0.1) is 5.92 Å². The number of carbonyl (C=O) groups excluding carboxylic acids is 3. The third kappa shape index (κ3) is 5.51. The van der Waals surface area contributed by atoms with Crippen molar-refractivity contribution in [3.63, 3.8) is 0 Å². The Labute approximate surface area is 159 Å². The lowest BCUT2D eigenvalue weighted by atomic mass is 9.96. The molecule has 1 unspecified atom stereocenters. The molecule has 0 aromatic heterocycles. The number of hydrogen-bond acceptors (Lipinski definition) is 7. The van der Waals surface area contributed by atoms with E-state index in [1.54, 1.807) is 51.1 Å². The maximum Gasteiger partial charge on any atom is 0.417 e. The van der Waals surface area contributed by atoms with E-state index in [1.807, 2.05) is 13.8 Å². The first kappa shape index (κ1) is 20.9. The second kappa shape index (κ2) is 8.06. The predicted molar refractivity (Wildman–Crippen MR) is 98.3 cm³/mol. The van der Waals surface area contributed by atoms with E-state index in [0.29, 0.717) is 12.0 Å². The molecule has 0 spiro atoms. The van der Waals surface area contributed by atoms with E-state index >= 15 is 0 Å². The van der Waals surface area contributed by atoms with Crippen LogP contribution in [-0.4, -0.2) is 40.6 Å². The van der Waals surface area contributed by atoms with Crippen molar-refractivity contribution < 1.29 is 24.0 Å². The number of hydrazine groups is 1. The van der Waals surface area contributed by atoms with Crippen molar-refractivity contribution in [2.45, 2.75) is 52.2 Å². The zero-order valence-electron chi connectivity index (χ0n) is 16.4. The molecule has 1 aliphatic rings. The van der Waals surface area contributed by atoms with Crippen LogP contribution in [0.3, 0.4) is 0 Å². The lowest BCUT2D eigenvalue weighted by Crippen LogP contribution is -2.48. The van der Waals surface area contributed by atoms with Crippen LogP contribution in [0.2, 0.25) is 0 Å². The third-order valence-corrected chi connectivity index (χ3v) is 4.07. The summed E-state index contributed by atoms with van der Waals surface area (Å²) in [7, 11) is 0. The van der Waals surface area contributed by atoms with Gasteiger partial charge >= 0.3 is 12.1 Å². The van der Waals surface area contributed by atoms with E-state index in [9.17, 15) is 14.4 Å². The Kier molecular flexibility index (Phi) is 6.22. The van der Waals surface area contributed by atoms with E-state index < -0.39 is 29.1 Å². The van der Waals surface area contributed by atoms with Crippen molar-refractivity contribution in [2.75, 3.05) is 6.54 Å². The average molecular weight is 377 g/mol. The van der Waals surface area contributed by atoms with Crippen LogP contribution in [0.5, 0.6) is 0 Å². The normalized spacial score (nSPS) is 19.1. The van der Waals surface area contributed by atoms with Crippen LogP contribution >= 0.6 is 0 Å². The van der Waals surface area contributed by atoms with Crippen molar-refractivity contribution in [1.82, 2.24) is 15.9 Å². The molecule has 2 N–H and O–H groups in total. The van der Waals surface area contributed by atoms with Gasteiger partial charge in [0.05, 0.1) is 11.5 Å². The quantitative estimate of drug-likeness (QED) is 0.601. The SMILES string of the molecule is CC(C)(C)OC(=O)N1C(=O)C(CNNOC(=O)c2ccccc2)CC1(C)C. The number of nitrogens with zero attached hydrogens (tertiary/aromatic N) is 1. The number of benzene rings is 1. The number of ether oxygens (including phenoxy) is 1. The molecule has 2 amide bonds. The molecule has 0 radical (unpaired) electrons. The first-order chi connectivity index (χ1) is 12.5. The van der Waals surface area contributed by atoms with Crippen molar-refractivity contribution in [1.29, 1.82) is 0 Å². The van der Waals surface area contributed by atoms with E-state index in [1.165, 1.54) is 4.90 Å². The number of likely N-dealkylation sites (tertiary alicyclic amines) is 1. The summed E-state index contributed by atoms with van der Waals surface area (Å²) in [6.45, 7) is 9.09. The van der Waals surface area contributed by atoms with Gasteiger partial charge in [0, 0.05) is 12.1 Å². The van der Waals surface area contributed by atoms with Gasteiger partial charge in [-0.15, -0.1) is 0 Å². The third-order valence-electron chi connectivity index (χ3n) is 4.07. The molecule has 0 bridgehead atoms. The summed E-state index contributed by atoms with van der Waals surface area (Å²) in [5.74, 6) is -1.31. The van der Waals surface area contributed by atoms with Crippen LogP contribution in [0.1, 0.15) is 51.4 Å². The molecule has 8 nitrogen and oxygen atoms in total. The molecule has 1 atom stereocenters. The van der Waals surface area contributed by atoms with E-state index in [4.69, 9.17) is 9.57 Å². The maximum absolute atomic E-state index is 12.6.